The summed E-state index contributed by atoms with van der Waals surface area (Å²) in [6.07, 6.45) is 2.45. The van der Waals surface area contributed by atoms with Gasteiger partial charge < -0.3 is 10.8 Å². The van der Waals surface area contributed by atoms with Crippen LogP contribution in [0.15, 0.2) is 23.1 Å². The van der Waals surface area contributed by atoms with Crippen molar-refractivity contribution >= 4 is 21.6 Å². The predicted molar refractivity (Wildman–Crippen MR) is 77.9 cm³/mol. The van der Waals surface area contributed by atoms with Crippen LogP contribution >= 0.6 is 11.6 Å². The number of nitrogens with two attached hydrogens (primary N) is 1. The Hall–Kier alpha value is -0.660. The Morgan fingerprint density at radius 2 is 2.05 bits per heavy atom. The molecule has 0 saturated heterocycles. The lowest BCUT2D eigenvalue weighted by molar-refractivity contribution is 0.101. The third-order valence-electron chi connectivity index (χ3n) is 3.56. The fraction of sp³-hybridized carbons (Fsp3) is 0.538. The van der Waals surface area contributed by atoms with Crippen molar-refractivity contribution in [3.05, 3.63) is 28.8 Å². The number of hydrogen-bond donors (Lipinski definition) is 3. The molecule has 1 aromatic rings. The molecule has 2 rings (SSSR count). The maximum absolute atomic E-state index is 12.3. The molecule has 112 valence electrons. The van der Waals surface area contributed by atoms with Crippen LogP contribution in [0, 0.1) is 0 Å². The van der Waals surface area contributed by atoms with Crippen molar-refractivity contribution in [2.75, 3.05) is 0 Å². The lowest BCUT2D eigenvalue weighted by Crippen LogP contribution is -2.45. The maximum atomic E-state index is 12.3. The molecule has 1 saturated carbocycles. The van der Waals surface area contributed by atoms with E-state index in [1.54, 1.807) is 12.1 Å². The largest absolute Gasteiger partial charge is 0.391 e. The van der Waals surface area contributed by atoms with E-state index in [-0.39, 0.29) is 9.92 Å². The van der Waals surface area contributed by atoms with Gasteiger partial charge >= 0.3 is 0 Å². The first kappa shape index (κ1) is 15.7. The monoisotopic (exact) mass is 318 g/mol. The molecule has 0 aliphatic heterocycles. The fourth-order valence-corrected chi connectivity index (χ4v) is 4.27. The highest BCUT2D eigenvalue weighted by Gasteiger charge is 2.29. The van der Waals surface area contributed by atoms with Gasteiger partial charge in [-0.05, 0) is 30.5 Å². The average molecular weight is 319 g/mol. The summed E-state index contributed by atoms with van der Waals surface area (Å²) in [5.74, 6) is 0. The predicted octanol–water partition coefficient (Wildman–Crippen LogP) is 1.38. The summed E-state index contributed by atoms with van der Waals surface area (Å²) < 4.78 is 27.2. The van der Waals surface area contributed by atoms with Crippen LogP contribution in [0.2, 0.25) is 5.02 Å². The van der Waals surface area contributed by atoms with Crippen molar-refractivity contribution in [1.82, 2.24) is 4.72 Å². The summed E-state index contributed by atoms with van der Waals surface area (Å²) in [5, 5.41) is 10.00. The molecule has 1 aliphatic carbocycles. The first-order chi connectivity index (χ1) is 9.44. The van der Waals surface area contributed by atoms with Gasteiger partial charge in [-0.15, -0.1) is 0 Å². The van der Waals surface area contributed by atoms with Crippen molar-refractivity contribution in [2.45, 2.75) is 49.3 Å². The molecule has 1 aliphatic rings. The minimum absolute atomic E-state index is 0.0224. The van der Waals surface area contributed by atoms with Crippen molar-refractivity contribution in [1.29, 1.82) is 0 Å². The zero-order valence-corrected chi connectivity index (χ0v) is 12.6. The first-order valence-corrected chi connectivity index (χ1v) is 8.49. The summed E-state index contributed by atoms with van der Waals surface area (Å²) in [6.45, 7) is 0.300. The van der Waals surface area contributed by atoms with Gasteiger partial charge in [0, 0.05) is 12.6 Å². The van der Waals surface area contributed by atoms with Crippen LogP contribution in [0.4, 0.5) is 0 Å². The summed E-state index contributed by atoms with van der Waals surface area (Å²) in [4.78, 5) is 0.0224. The Morgan fingerprint density at radius 1 is 1.35 bits per heavy atom. The van der Waals surface area contributed by atoms with Crippen LogP contribution in [0.5, 0.6) is 0 Å². The summed E-state index contributed by atoms with van der Waals surface area (Å²) >= 11 is 6.01. The van der Waals surface area contributed by atoms with Gasteiger partial charge in [0.25, 0.3) is 0 Å². The second kappa shape index (κ2) is 6.41. The van der Waals surface area contributed by atoms with Crippen molar-refractivity contribution in [3.63, 3.8) is 0 Å². The van der Waals surface area contributed by atoms with Gasteiger partial charge in [-0.3, -0.25) is 0 Å². The smallest absolute Gasteiger partial charge is 0.242 e. The summed E-state index contributed by atoms with van der Waals surface area (Å²) in [7, 11) is -3.73. The molecule has 2 atom stereocenters. The number of rotatable bonds is 4. The quantitative estimate of drug-likeness (QED) is 0.782. The number of aliphatic hydroxyl groups is 1. The Balaban J connectivity index is 2.21. The van der Waals surface area contributed by atoms with E-state index in [2.05, 4.69) is 4.72 Å². The zero-order chi connectivity index (χ0) is 14.8. The van der Waals surface area contributed by atoms with E-state index in [4.69, 9.17) is 17.3 Å². The van der Waals surface area contributed by atoms with Crippen LogP contribution in [-0.2, 0) is 16.6 Å². The summed E-state index contributed by atoms with van der Waals surface area (Å²) in [6, 6.07) is 4.19. The normalized spacial score (nSPS) is 23.8. The minimum Gasteiger partial charge on any atom is -0.391 e. The maximum Gasteiger partial charge on any atom is 0.242 e. The van der Waals surface area contributed by atoms with Gasteiger partial charge in [-0.25, -0.2) is 13.1 Å². The SMILES string of the molecule is NCc1ccc(S(=O)(=O)NC2CCCCC2O)c(Cl)c1. The number of aliphatic hydroxyl groups excluding tert-OH is 1. The van der Waals surface area contributed by atoms with E-state index in [1.807, 2.05) is 0 Å². The van der Waals surface area contributed by atoms with E-state index in [0.717, 1.165) is 18.4 Å². The van der Waals surface area contributed by atoms with Crippen LogP contribution in [0.25, 0.3) is 0 Å². The van der Waals surface area contributed by atoms with Gasteiger partial charge in [0.15, 0.2) is 0 Å². The van der Waals surface area contributed by atoms with E-state index < -0.39 is 22.2 Å². The molecule has 0 amide bonds. The molecule has 0 aromatic heterocycles. The molecule has 20 heavy (non-hydrogen) atoms. The molecule has 1 fully saturated rings. The fourth-order valence-electron chi connectivity index (χ4n) is 2.40. The number of benzene rings is 1. The lowest BCUT2D eigenvalue weighted by atomic mass is 9.93. The van der Waals surface area contributed by atoms with Gasteiger partial charge in [0.05, 0.1) is 11.1 Å². The number of sulfonamides is 1. The molecule has 0 spiro atoms. The molecular formula is C13H19ClN2O3S. The number of halogens is 1. The molecule has 4 N–H and O–H groups in total. The molecule has 5 nitrogen and oxygen atoms in total. The molecule has 1 aromatic carbocycles. The van der Waals surface area contributed by atoms with Gasteiger partial charge in [0.2, 0.25) is 10.0 Å². The molecular weight excluding hydrogens is 300 g/mol. The Kier molecular flexibility index (Phi) is 5.04. The Labute approximate surface area is 124 Å². The topological polar surface area (TPSA) is 92.4 Å². The lowest BCUT2D eigenvalue weighted by Gasteiger charge is -2.28. The molecule has 2 unspecified atom stereocenters. The van der Waals surface area contributed by atoms with Gasteiger partial charge in [-0.1, -0.05) is 30.5 Å². The van der Waals surface area contributed by atoms with Crippen LogP contribution in [0.3, 0.4) is 0 Å². The van der Waals surface area contributed by atoms with E-state index in [0.29, 0.717) is 19.4 Å². The van der Waals surface area contributed by atoms with E-state index >= 15 is 0 Å². The highest BCUT2D eigenvalue weighted by atomic mass is 35.5. The minimum atomic E-state index is -3.73. The highest BCUT2D eigenvalue weighted by Crippen LogP contribution is 2.25. The number of nitrogens with one attached hydrogen (secondary N) is 1. The van der Waals surface area contributed by atoms with Crippen molar-refractivity contribution in [2.24, 2.45) is 5.73 Å². The van der Waals surface area contributed by atoms with Crippen LogP contribution < -0.4 is 10.5 Å². The van der Waals surface area contributed by atoms with Crippen molar-refractivity contribution in [3.8, 4) is 0 Å². The van der Waals surface area contributed by atoms with E-state index in [9.17, 15) is 13.5 Å². The molecule has 0 radical (unpaired) electrons. The van der Waals surface area contributed by atoms with Crippen molar-refractivity contribution < 1.29 is 13.5 Å². The van der Waals surface area contributed by atoms with Gasteiger partial charge in [-0.2, -0.15) is 0 Å². The van der Waals surface area contributed by atoms with Crippen LogP contribution in [0.1, 0.15) is 31.2 Å². The third kappa shape index (κ3) is 3.51. The standard InChI is InChI=1S/C13H19ClN2O3S/c14-10-7-9(8-15)5-6-13(10)20(18,19)16-11-3-1-2-4-12(11)17/h5-7,11-12,16-17H,1-4,8,15H2. The Morgan fingerprint density at radius 3 is 2.65 bits per heavy atom. The number of hydrogen-bond acceptors (Lipinski definition) is 4. The zero-order valence-electron chi connectivity index (χ0n) is 11.0. The highest BCUT2D eigenvalue weighted by molar-refractivity contribution is 7.89. The van der Waals surface area contributed by atoms with E-state index in [1.165, 1.54) is 6.07 Å². The second-order valence-corrected chi connectivity index (χ2v) is 7.14. The van der Waals surface area contributed by atoms with Gasteiger partial charge in [0.1, 0.15) is 4.90 Å². The third-order valence-corrected chi connectivity index (χ3v) is 5.53. The first-order valence-electron chi connectivity index (χ1n) is 6.63. The Bertz CT molecular complexity index is 577. The molecule has 7 heteroatoms. The molecule has 0 heterocycles. The molecule has 0 bridgehead atoms. The van der Waals surface area contributed by atoms with Crippen LogP contribution in [-0.4, -0.2) is 25.7 Å². The average Bonchev–Trinajstić information content (AvgIpc) is 2.40. The second-order valence-electron chi connectivity index (χ2n) is 5.05. The summed E-state index contributed by atoms with van der Waals surface area (Å²) in [5.41, 5.74) is 6.26.